The molecular formula is C25H40F4O. The van der Waals surface area contributed by atoms with Crippen molar-refractivity contribution in [2.75, 3.05) is 6.61 Å². The lowest BCUT2D eigenvalue weighted by atomic mass is 9.70. The van der Waals surface area contributed by atoms with E-state index in [1.54, 1.807) is 0 Å². The van der Waals surface area contributed by atoms with E-state index >= 15 is 0 Å². The van der Waals surface area contributed by atoms with E-state index in [9.17, 15) is 17.6 Å². The molecule has 174 valence electrons. The van der Waals surface area contributed by atoms with Gasteiger partial charge in [0.25, 0.3) is 0 Å². The van der Waals surface area contributed by atoms with Crippen molar-refractivity contribution in [1.82, 2.24) is 0 Å². The van der Waals surface area contributed by atoms with E-state index in [1.165, 1.54) is 51.4 Å². The van der Waals surface area contributed by atoms with Crippen LogP contribution in [0.25, 0.3) is 0 Å². The minimum atomic E-state index is -4.56. The molecule has 3 aliphatic rings. The summed E-state index contributed by atoms with van der Waals surface area (Å²) in [5, 5.41) is 0. The van der Waals surface area contributed by atoms with Crippen LogP contribution in [0.3, 0.4) is 0 Å². The Morgan fingerprint density at radius 2 is 1.33 bits per heavy atom. The van der Waals surface area contributed by atoms with Gasteiger partial charge in [0.2, 0.25) is 0 Å². The van der Waals surface area contributed by atoms with Crippen LogP contribution >= 0.6 is 0 Å². The van der Waals surface area contributed by atoms with Gasteiger partial charge < -0.3 is 4.74 Å². The first-order valence-electron chi connectivity index (χ1n) is 12.4. The predicted octanol–water partition coefficient (Wildman–Crippen LogP) is 8.39. The number of alkyl halides is 3. The summed E-state index contributed by atoms with van der Waals surface area (Å²) in [5.41, 5.74) is 0. The van der Waals surface area contributed by atoms with Gasteiger partial charge >= 0.3 is 6.18 Å². The molecule has 0 aliphatic heterocycles. The van der Waals surface area contributed by atoms with Crippen LogP contribution in [0.2, 0.25) is 0 Å². The Kier molecular flexibility index (Phi) is 9.09. The Labute approximate surface area is 180 Å². The summed E-state index contributed by atoms with van der Waals surface area (Å²) >= 11 is 0. The maximum absolute atomic E-state index is 13.7. The summed E-state index contributed by atoms with van der Waals surface area (Å²) in [4.78, 5) is 0. The van der Waals surface area contributed by atoms with Crippen LogP contribution in [-0.2, 0) is 4.74 Å². The van der Waals surface area contributed by atoms with Gasteiger partial charge in [-0.3, -0.25) is 0 Å². The van der Waals surface area contributed by atoms with Gasteiger partial charge in [-0.1, -0.05) is 32.6 Å². The number of allylic oxidation sites excluding steroid dienone is 2. The van der Waals surface area contributed by atoms with Crippen LogP contribution in [-0.4, -0.2) is 18.9 Å². The third-order valence-electron chi connectivity index (χ3n) is 8.08. The van der Waals surface area contributed by atoms with E-state index in [2.05, 4.69) is 6.92 Å². The number of hydrogen-bond acceptors (Lipinski definition) is 1. The Morgan fingerprint density at radius 1 is 0.800 bits per heavy atom. The molecule has 3 fully saturated rings. The fourth-order valence-corrected chi connectivity index (χ4v) is 6.23. The predicted molar refractivity (Wildman–Crippen MR) is 113 cm³/mol. The molecular weight excluding hydrogens is 392 g/mol. The maximum atomic E-state index is 13.7. The Balaban J connectivity index is 1.30. The zero-order valence-electron chi connectivity index (χ0n) is 18.6. The fourth-order valence-electron chi connectivity index (χ4n) is 6.23. The highest BCUT2D eigenvalue weighted by molar-refractivity contribution is 5.03. The van der Waals surface area contributed by atoms with Crippen LogP contribution in [0.5, 0.6) is 0 Å². The molecule has 0 atom stereocenters. The van der Waals surface area contributed by atoms with E-state index < -0.39 is 17.9 Å². The smallest absolute Gasteiger partial charge is 0.378 e. The van der Waals surface area contributed by atoms with Crippen molar-refractivity contribution in [3.05, 3.63) is 11.9 Å². The van der Waals surface area contributed by atoms with Crippen molar-refractivity contribution < 1.29 is 22.3 Å². The Morgan fingerprint density at radius 3 is 1.87 bits per heavy atom. The average molecular weight is 433 g/mol. The van der Waals surface area contributed by atoms with Crippen molar-refractivity contribution >= 4 is 0 Å². The second-order valence-corrected chi connectivity index (χ2v) is 10.2. The summed E-state index contributed by atoms with van der Waals surface area (Å²) in [6.07, 6.45) is 11.4. The molecule has 0 bridgehead atoms. The largest absolute Gasteiger partial charge is 0.412 e. The standard InChI is InChI=1S/C25H40F4O/c1-2-3-18-4-8-20(9-5-18)21-12-14-23(15-13-21)30-17-19-6-10-22(11-7-19)24(26)16-25(27,28)29/h16,18-23H,2-15,17H2,1H3/b24-16-. The summed E-state index contributed by atoms with van der Waals surface area (Å²) in [7, 11) is 0. The van der Waals surface area contributed by atoms with Crippen LogP contribution < -0.4 is 0 Å². The lowest BCUT2D eigenvalue weighted by molar-refractivity contribution is -0.0822. The van der Waals surface area contributed by atoms with E-state index in [-0.39, 0.29) is 6.08 Å². The van der Waals surface area contributed by atoms with E-state index in [1.807, 2.05) is 0 Å². The first-order valence-corrected chi connectivity index (χ1v) is 12.4. The van der Waals surface area contributed by atoms with E-state index in [0.717, 1.165) is 43.4 Å². The molecule has 5 heteroatoms. The second-order valence-electron chi connectivity index (χ2n) is 10.2. The van der Waals surface area contributed by atoms with Gasteiger partial charge in [0, 0.05) is 12.5 Å². The van der Waals surface area contributed by atoms with Gasteiger partial charge in [0.15, 0.2) is 0 Å². The SMILES string of the molecule is CCCC1CCC(C2CCC(OCC3CCC(/C(F)=C/C(F)(F)F)CC3)CC2)CC1. The third kappa shape index (κ3) is 7.53. The van der Waals surface area contributed by atoms with Gasteiger partial charge in [0.1, 0.15) is 5.83 Å². The molecule has 0 heterocycles. The van der Waals surface area contributed by atoms with Crippen LogP contribution in [0.4, 0.5) is 17.6 Å². The van der Waals surface area contributed by atoms with Crippen molar-refractivity contribution in [2.45, 2.75) is 109 Å². The van der Waals surface area contributed by atoms with Gasteiger partial charge in [0.05, 0.1) is 12.2 Å². The topological polar surface area (TPSA) is 9.23 Å². The Bertz CT molecular complexity index is 520. The van der Waals surface area contributed by atoms with Gasteiger partial charge in [-0.2, -0.15) is 13.2 Å². The lowest BCUT2D eigenvalue weighted by Crippen LogP contribution is -2.30. The Hall–Kier alpha value is -0.580. The molecule has 30 heavy (non-hydrogen) atoms. The molecule has 0 N–H and O–H groups in total. The highest BCUT2D eigenvalue weighted by Gasteiger charge is 2.33. The van der Waals surface area contributed by atoms with Crippen molar-refractivity contribution in [1.29, 1.82) is 0 Å². The molecule has 0 spiro atoms. The fraction of sp³-hybridized carbons (Fsp3) is 0.920. The quantitative estimate of drug-likeness (QED) is 0.367. The first kappa shape index (κ1) is 24.1. The van der Waals surface area contributed by atoms with Crippen molar-refractivity contribution in [2.24, 2.45) is 29.6 Å². The minimum Gasteiger partial charge on any atom is -0.378 e. The molecule has 1 nitrogen and oxygen atoms in total. The van der Waals surface area contributed by atoms with Crippen LogP contribution in [0.15, 0.2) is 11.9 Å². The van der Waals surface area contributed by atoms with Crippen molar-refractivity contribution in [3.8, 4) is 0 Å². The van der Waals surface area contributed by atoms with Crippen molar-refractivity contribution in [3.63, 3.8) is 0 Å². The summed E-state index contributed by atoms with van der Waals surface area (Å²) in [6.45, 7) is 2.98. The second kappa shape index (κ2) is 11.3. The zero-order chi connectivity index (χ0) is 21.6. The molecule has 0 radical (unpaired) electrons. The summed E-state index contributed by atoms with van der Waals surface area (Å²) in [6, 6.07) is 0. The molecule has 0 saturated heterocycles. The average Bonchev–Trinajstić information content (AvgIpc) is 2.73. The van der Waals surface area contributed by atoms with E-state index in [4.69, 9.17) is 4.74 Å². The number of halogens is 4. The van der Waals surface area contributed by atoms with Gasteiger partial charge in [-0.15, -0.1) is 0 Å². The first-order chi connectivity index (χ1) is 14.3. The number of rotatable bonds is 7. The monoisotopic (exact) mass is 432 g/mol. The van der Waals surface area contributed by atoms with Gasteiger partial charge in [-0.05, 0) is 87.9 Å². The molecule has 0 aromatic carbocycles. The van der Waals surface area contributed by atoms with E-state index in [0.29, 0.717) is 31.5 Å². The van der Waals surface area contributed by atoms with Crippen LogP contribution in [0, 0.1) is 29.6 Å². The molecule has 0 aromatic heterocycles. The molecule has 3 rings (SSSR count). The highest BCUT2D eigenvalue weighted by atomic mass is 19.4. The molecule has 0 aromatic rings. The maximum Gasteiger partial charge on any atom is 0.412 e. The zero-order valence-corrected chi connectivity index (χ0v) is 18.6. The molecule has 0 unspecified atom stereocenters. The molecule has 3 aliphatic carbocycles. The third-order valence-corrected chi connectivity index (χ3v) is 8.08. The summed E-state index contributed by atoms with van der Waals surface area (Å²) < 4.78 is 56.9. The lowest BCUT2D eigenvalue weighted by Gasteiger charge is -2.38. The number of ether oxygens (including phenoxy) is 1. The summed E-state index contributed by atoms with van der Waals surface area (Å²) in [5.74, 6) is 1.58. The van der Waals surface area contributed by atoms with Crippen LogP contribution in [0.1, 0.15) is 96.8 Å². The minimum absolute atomic E-state index is 0.163. The molecule has 3 saturated carbocycles. The normalized spacial score (nSPS) is 36.6. The number of hydrogen-bond donors (Lipinski definition) is 0. The molecule has 0 amide bonds. The highest BCUT2D eigenvalue weighted by Crippen LogP contribution is 2.42. The van der Waals surface area contributed by atoms with Gasteiger partial charge in [-0.25, -0.2) is 4.39 Å².